The monoisotopic (exact) mass is 429 g/mol. The zero-order chi connectivity index (χ0) is 21.4. The molecule has 162 valence electrons. The number of piperazine rings is 1. The molecule has 1 aliphatic rings. The van der Waals surface area contributed by atoms with Crippen LogP contribution in [0.4, 0.5) is 0 Å². The molecule has 0 saturated carbocycles. The van der Waals surface area contributed by atoms with Gasteiger partial charge in [0, 0.05) is 39.3 Å². The van der Waals surface area contributed by atoms with Crippen LogP contribution >= 0.6 is 0 Å². The van der Waals surface area contributed by atoms with Crippen LogP contribution in [0.5, 0.6) is 0 Å². The minimum atomic E-state index is -3.36. The Labute approximate surface area is 179 Å². The van der Waals surface area contributed by atoms with Gasteiger partial charge in [0.05, 0.1) is 12.2 Å². The molecule has 30 heavy (non-hydrogen) atoms. The molecule has 0 radical (unpaired) electrons. The standard InChI is InChI=1S/C23H31N3O3S/c1-20-6-5-9-22(18-20)19-23(27)24-11-17-30(28,29)26-15-13-25(14-16-26)12-10-21-7-3-2-4-8-21/h2-9,18H,10-17,19H2,1H3,(H,24,27). The molecular formula is C23H31N3O3S. The van der Waals surface area contributed by atoms with Gasteiger partial charge < -0.3 is 10.2 Å². The van der Waals surface area contributed by atoms with Crippen molar-refractivity contribution in [1.82, 2.24) is 14.5 Å². The summed E-state index contributed by atoms with van der Waals surface area (Å²) in [6.45, 7) is 5.56. The van der Waals surface area contributed by atoms with Gasteiger partial charge in [-0.05, 0) is 24.5 Å². The Balaban J connectivity index is 1.37. The van der Waals surface area contributed by atoms with Gasteiger partial charge >= 0.3 is 0 Å². The van der Waals surface area contributed by atoms with Crippen LogP contribution in [0.1, 0.15) is 16.7 Å². The van der Waals surface area contributed by atoms with Crippen molar-refractivity contribution in [2.24, 2.45) is 0 Å². The molecule has 2 aromatic carbocycles. The maximum absolute atomic E-state index is 12.6. The Morgan fingerprint density at radius 3 is 2.37 bits per heavy atom. The van der Waals surface area contributed by atoms with Gasteiger partial charge in [-0.15, -0.1) is 0 Å². The van der Waals surface area contributed by atoms with Crippen molar-refractivity contribution in [3.8, 4) is 0 Å². The van der Waals surface area contributed by atoms with Crippen LogP contribution < -0.4 is 5.32 Å². The second-order valence-electron chi connectivity index (χ2n) is 7.81. The number of nitrogens with one attached hydrogen (secondary N) is 1. The third kappa shape index (κ3) is 6.93. The predicted octanol–water partition coefficient (Wildman–Crippen LogP) is 1.84. The van der Waals surface area contributed by atoms with Crippen LogP contribution in [0.3, 0.4) is 0 Å². The second-order valence-corrected chi connectivity index (χ2v) is 9.90. The van der Waals surface area contributed by atoms with Gasteiger partial charge in [0.25, 0.3) is 0 Å². The van der Waals surface area contributed by atoms with Crippen molar-refractivity contribution in [3.63, 3.8) is 0 Å². The Kier molecular flexibility index (Phi) is 8.01. The van der Waals surface area contributed by atoms with Crippen molar-refractivity contribution in [2.45, 2.75) is 19.8 Å². The number of carbonyl (C=O) groups excluding carboxylic acids is 1. The Morgan fingerprint density at radius 1 is 0.967 bits per heavy atom. The van der Waals surface area contributed by atoms with E-state index in [1.807, 2.05) is 49.4 Å². The molecule has 1 fully saturated rings. The predicted molar refractivity (Wildman–Crippen MR) is 120 cm³/mol. The molecule has 2 aromatic rings. The smallest absolute Gasteiger partial charge is 0.224 e. The van der Waals surface area contributed by atoms with E-state index in [1.165, 1.54) is 5.56 Å². The third-order valence-electron chi connectivity index (χ3n) is 5.41. The quantitative estimate of drug-likeness (QED) is 0.660. The van der Waals surface area contributed by atoms with E-state index in [4.69, 9.17) is 0 Å². The molecule has 3 rings (SSSR count). The fourth-order valence-corrected chi connectivity index (χ4v) is 5.02. The van der Waals surface area contributed by atoms with E-state index in [-0.39, 0.29) is 24.6 Å². The molecule has 0 aromatic heterocycles. The maximum atomic E-state index is 12.6. The molecule has 0 bridgehead atoms. The average Bonchev–Trinajstić information content (AvgIpc) is 2.73. The van der Waals surface area contributed by atoms with Gasteiger partial charge in [-0.3, -0.25) is 4.79 Å². The van der Waals surface area contributed by atoms with Gasteiger partial charge in [-0.2, -0.15) is 4.31 Å². The third-order valence-corrected chi connectivity index (χ3v) is 7.29. The van der Waals surface area contributed by atoms with E-state index in [0.717, 1.165) is 37.2 Å². The summed E-state index contributed by atoms with van der Waals surface area (Å²) in [5.41, 5.74) is 3.33. The first-order valence-electron chi connectivity index (χ1n) is 10.5. The van der Waals surface area contributed by atoms with Crippen LogP contribution in [-0.4, -0.2) is 68.6 Å². The van der Waals surface area contributed by atoms with Crippen LogP contribution in [0.15, 0.2) is 54.6 Å². The summed E-state index contributed by atoms with van der Waals surface area (Å²) in [5.74, 6) is -0.210. The first kappa shape index (κ1) is 22.5. The summed E-state index contributed by atoms with van der Waals surface area (Å²) in [5, 5.41) is 2.74. The van der Waals surface area contributed by atoms with E-state index in [9.17, 15) is 13.2 Å². The second kappa shape index (κ2) is 10.7. The van der Waals surface area contributed by atoms with E-state index in [2.05, 4.69) is 22.3 Å². The summed E-state index contributed by atoms with van der Waals surface area (Å²) < 4.78 is 26.8. The lowest BCUT2D eigenvalue weighted by Crippen LogP contribution is -2.50. The van der Waals surface area contributed by atoms with Crippen LogP contribution in [0.2, 0.25) is 0 Å². The Morgan fingerprint density at radius 2 is 1.67 bits per heavy atom. The number of sulfonamides is 1. The van der Waals surface area contributed by atoms with Gasteiger partial charge in [-0.25, -0.2) is 8.42 Å². The summed E-state index contributed by atoms with van der Waals surface area (Å²) >= 11 is 0. The SMILES string of the molecule is Cc1cccc(CC(=O)NCCS(=O)(=O)N2CCN(CCc3ccccc3)CC2)c1. The van der Waals surface area contributed by atoms with Gasteiger partial charge in [0.15, 0.2) is 0 Å². The highest BCUT2D eigenvalue weighted by molar-refractivity contribution is 7.89. The van der Waals surface area contributed by atoms with Crippen LogP contribution in [0, 0.1) is 6.92 Å². The number of aryl methyl sites for hydroxylation is 1. The molecule has 1 amide bonds. The maximum Gasteiger partial charge on any atom is 0.224 e. The molecule has 0 aliphatic carbocycles. The van der Waals surface area contributed by atoms with Crippen molar-refractivity contribution in [2.75, 3.05) is 45.0 Å². The van der Waals surface area contributed by atoms with Gasteiger partial charge in [-0.1, -0.05) is 60.2 Å². The fraction of sp³-hybridized carbons (Fsp3) is 0.435. The van der Waals surface area contributed by atoms with Crippen LogP contribution in [-0.2, 0) is 27.7 Å². The van der Waals surface area contributed by atoms with Crippen molar-refractivity contribution < 1.29 is 13.2 Å². The number of carbonyl (C=O) groups is 1. The topological polar surface area (TPSA) is 69.7 Å². The molecule has 1 aliphatic heterocycles. The number of hydrogen-bond donors (Lipinski definition) is 1. The van der Waals surface area contributed by atoms with Crippen molar-refractivity contribution >= 4 is 15.9 Å². The average molecular weight is 430 g/mol. The van der Waals surface area contributed by atoms with Gasteiger partial charge in [0.1, 0.15) is 0 Å². The summed E-state index contributed by atoms with van der Waals surface area (Å²) in [7, 11) is -3.36. The normalized spacial score (nSPS) is 15.8. The van der Waals surface area contributed by atoms with Crippen LogP contribution in [0.25, 0.3) is 0 Å². The number of nitrogens with zero attached hydrogens (tertiary/aromatic N) is 2. The molecule has 0 atom stereocenters. The molecule has 1 heterocycles. The number of amides is 1. The molecular weight excluding hydrogens is 398 g/mol. The lowest BCUT2D eigenvalue weighted by molar-refractivity contribution is -0.120. The highest BCUT2D eigenvalue weighted by atomic mass is 32.2. The Hall–Kier alpha value is -2.22. The van der Waals surface area contributed by atoms with E-state index in [0.29, 0.717) is 13.1 Å². The van der Waals surface area contributed by atoms with Gasteiger partial charge in [0.2, 0.25) is 15.9 Å². The minimum absolute atomic E-state index is 0.0590. The number of benzene rings is 2. The first-order valence-corrected chi connectivity index (χ1v) is 12.1. The highest BCUT2D eigenvalue weighted by Crippen LogP contribution is 2.10. The lowest BCUT2D eigenvalue weighted by atomic mass is 10.1. The first-order chi connectivity index (χ1) is 14.4. The van der Waals surface area contributed by atoms with E-state index in [1.54, 1.807) is 4.31 Å². The number of hydrogen-bond acceptors (Lipinski definition) is 4. The minimum Gasteiger partial charge on any atom is -0.355 e. The molecule has 1 N–H and O–H groups in total. The lowest BCUT2D eigenvalue weighted by Gasteiger charge is -2.34. The zero-order valence-corrected chi connectivity index (χ0v) is 18.4. The zero-order valence-electron chi connectivity index (χ0n) is 17.6. The van der Waals surface area contributed by atoms with Crippen molar-refractivity contribution in [3.05, 3.63) is 71.3 Å². The summed E-state index contributed by atoms with van der Waals surface area (Å²) in [6, 6.07) is 18.1. The number of rotatable bonds is 9. The molecule has 0 unspecified atom stereocenters. The largest absolute Gasteiger partial charge is 0.355 e. The highest BCUT2D eigenvalue weighted by Gasteiger charge is 2.26. The molecule has 0 spiro atoms. The van der Waals surface area contributed by atoms with Crippen molar-refractivity contribution in [1.29, 1.82) is 0 Å². The summed E-state index contributed by atoms with van der Waals surface area (Å²) in [4.78, 5) is 14.4. The van der Waals surface area contributed by atoms with E-state index >= 15 is 0 Å². The fourth-order valence-electron chi connectivity index (χ4n) is 3.68. The Bertz CT molecular complexity index is 924. The molecule has 1 saturated heterocycles. The molecule has 7 heteroatoms. The molecule has 6 nitrogen and oxygen atoms in total. The van der Waals surface area contributed by atoms with E-state index < -0.39 is 10.0 Å². The summed E-state index contributed by atoms with van der Waals surface area (Å²) in [6.07, 6.45) is 1.24.